The Morgan fingerprint density at radius 3 is 2.75 bits per heavy atom. The lowest BCUT2D eigenvalue weighted by molar-refractivity contribution is 0.0250. The minimum absolute atomic E-state index is 0.111. The molecule has 1 aliphatic rings. The first kappa shape index (κ1) is 20.2. The smallest absolute Gasteiger partial charge is 0.319 e. The summed E-state index contributed by atoms with van der Waals surface area (Å²) in [5.41, 5.74) is 2.08. The molecule has 0 saturated carbocycles. The fourth-order valence-corrected chi connectivity index (χ4v) is 2.81. The molecule has 2 aromatic rings. The first-order valence-corrected chi connectivity index (χ1v) is 9.51. The molecule has 1 saturated heterocycles. The Morgan fingerprint density at radius 2 is 2.04 bits per heavy atom. The molecule has 3 rings (SSSR count). The maximum Gasteiger partial charge on any atom is 0.319 e. The van der Waals surface area contributed by atoms with Crippen molar-refractivity contribution >= 4 is 12.0 Å². The van der Waals surface area contributed by atoms with Crippen molar-refractivity contribution in [3.8, 4) is 6.01 Å². The van der Waals surface area contributed by atoms with E-state index in [1.165, 1.54) is 5.56 Å². The maximum atomic E-state index is 9.92. The SMILES string of the molecule is Cc1cccc(CN=Cc2cc(N3CCOCC3)nc(OCC(C)(C)O)n2)c1. The van der Waals surface area contributed by atoms with Crippen molar-refractivity contribution in [2.75, 3.05) is 37.8 Å². The molecule has 0 bridgehead atoms. The van der Waals surface area contributed by atoms with Gasteiger partial charge in [0, 0.05) is 25.4 Å². The van der Waals surface area contributed by atoms with E-state index in [0.29, 0.717) is 25.5 Å². The molecule has 7 heteroatoms. The van der Waals surface area contributed by atoms with Crippen molar-refractivity contribution < 1.29 is 14.6 Å². The lowest BCUT2D eigenvalue weighted by Crippen LogP contribution is -2.37. The van der Waals surface area contributed by atoms with Crippen molar-refractivity contribution in [3.05, 3.63) is 47.2 Å². The zero-order chi connectivity index (χ0) is 20.0. The number of benzene rings is 1. The van der Waals surface area contributed by atoms with Crippen LogP contribution in [0.5, 0.6) is 6.01 Å². The average molecular weight is 384 g/mol. The van der Waals surface area contributed by atoms with E-state index in [-0.39, 0.29) is 12.6 Å². The van der Waals surface area contributed by atoms with Gasteiger partial charge in [-0.2, -0.15) is 9.97 Å². The summed E-state index contributed by atoms with van der Waals surface area (Å²) in [7, 11) is 0. The van der Waals surface area contributed by atoms with Crippen molar-refractivity contribution in [1.29, 1.82) is 0 Å². The van der Waals surface area contributed by atoms with Crippen LogP contribution in [0.25, 0.3) is 0 Å². The summed E-state index contributed by atoms with van der Waals surface area (Å²) in [5, 5.41) is 9.92. The number of rotatable bonds is 7. The van der Waals surface area contributed by atoms with Crippen LogP contribution in [0.1, 0.15) is 30.7 Å². The van der Waals surface area contributed by atoms with Crippen molar-refractivity contribution in [3.63, 3.8) is 0 Å². The first-order valence-electron chi connectivity index (χ1n) is 9.51. The van der Waals surface area contributed by atoms with Gasteiger partial charge in [-0.05, 0) is 26.3 Å². The molecule has 2 heterocycles. The monoisotopic (exact) mass is 384 g/mol. The average Bonchev–Trinajstić information content (AvgIpc) is 2.67. The van der Waals surface area contributed by atoms with Gasteiger partial charge in [0.15, 0.2) is 0 Å². The van der Waals surface area contributed by atoms with Gasteiger partial charge >= 0.3 is 6.01 Å². The highest BCUT2D eigenvalue weighted by Gasteiger charge is 2.18. The molecular weight excluding hydrogens is 356 g/mol. The number of anilines is 1. The molecule has 0 spiro atoms. The summed E-state index contributed by atoms with van der Waals surface area (Å²) >= 11 is 0. The Morgan fingerprint density at radius 1 is 1.25 bits per heavy atom. The molecule has 0 aliphatic carbocycles. The summed E-state index contributed by atoms with van der Waals surface area (Å²) in [6, 6.07) is 10.4. The summed E-state index contributed by atoms with van der Waals surface area (Å²) in [4.78, 5) is 15.6. The van der Waals surface area contributed by atoms with Gasteiger partial charge in [0.25, 0.3) is 0 Å². The number of morpholine rings is 1. The molecule has 150 valence electrons. The van der Waals surface area contributed by atoms with Crippen LogP contribution in [0, 0.1) is 6.92 Å². The van der Waals surface area contributed by atoms with Gasteiger partial charge in [0.05, 0.1) is 31.1 Å². The van der Waals surface area contributed by atoms with E-state index in [0.717, 1.165) is 24.5 Å². The minimum Gasteiger partial charge on any atom is -0.460 e. The normalized spacial score (nSPS) is 15.2. The fraction of sp³-hybridized carbons (Fsp3) is 0.476. The molecule has 28 heavy (non-hydrogen) atoms. The third kappa shape index (κ3) is 6.28. The van der Waals surface area contributed by atoms with E-state index in [4.69, 9.17) is 9.47 Å². The maximum absolute atomic E-state index is 9.92. The third-order valence-corrected chi connectivity index (χ3v) is 4.18. The fourth-order valence-electron chi connectivity index (χ4n) is 2.81. The molecule has 1 fully saturated rings. The number of ether oxygens (including phenoxy) is 2. The quantitative estimate of drug-likeness (QED) is 0.739. The summed E-state index contributed by atoms with van der Waals surface area (Å²) in [6.45, 7) is 8.99. The van der Waals surface area contributed by atoms with Crippen LogP contribution in [0.2, 0.25) is 0 Å². The van der Waals surface area contributed by atoms with Crippen LogP contribution >= 0.6 is 0 Å². The number of hydrogen-bond acceptors (Lipinski definition) is 7. The van der Waals surface area contributed by atoms with E-state index in [1.807, 2.05) is 12.1 Å². The second kappa shape index (κ2) is 9.12. The highest BCUT2D eigenvalue weighted by molar-refractivity contribution is 5.78. The number of aryl methyl sites for hydroxylation is 1. The van der Waals surface area contributed by atoms with Crippen LogP contribution in [0.3, 0.4) is 0 Å². The Balaban J connectivity index is 1.78. The highest BCUT2D eigenvalue weighted by atomic mass is 16.5. The standard InChI is InChI=1S/C21H28N4O3/c1-16-5-4-6-17(11-16)13-22-14-18-12-19(25-7-9-27-10-8-25)24-20(23-18)28-15-21(2,3)26/h4-6,11-12,14,26H,7-10,13,15H2,1-3H3. The van der Waals surface area contributed by atoms with Crippen molar-refractivity contribution in [2.45, 2.75) is 32.9 Å². The summed E-state index contributed by atoms with van der Waals surface area (Å²) < 4.78 is 11.1. The van der Waals surface area contributed by atoms with Gasteiger partial charge in [0.2, 0.25) is 0 Å². The van der Waals surface area contributed by atoms with Crippen LogP contribution < -0.4 is 9.64 Å². The number of aliphatic hydroxyl groups is 1. The van der Waals surface area contributed by atoms with Crippen LogP contribution in [0.15, 0.2) is 35.3 Å². The molecule has 1 N–H and O–H groups in total. The Bertz CT molecular complexity index is 812. The topological polar surface area (TPSA) is 80.1 Å². The van der Waals surface area contributed by atoms with Gasteiger partial charge in [0.1, 0.15) is 12.4 Å². The first-order chi connectivity index (χ1) is 13.4. The molecule has 0 radical (unpaired) electrons. The predicted octanol–water partition coefficient (Wildman–Crippen LogP) is 2.39. The zero-order valence-corrected chi connectivity index (χ0v) is 16.8. The van der Waals surface area contributed by atoms with Gasteiger partial charge in [-0.1, -0.05) is 29.8 Å². The van der Waals surface area contributed by atoms with Gasteiger partial charge in [-0.3, -0.25) is 4.99 Å². The van der Waals surface area contributed by atoms with E-state index in [2.05, 4.69) is 45.0 Å². The summed E-state index contributed by atoms with van der Waals surface area (Å²) in [5.74, 6) is 0.779. The van der Waals surface area contributed by atoms with E-state index < -0.39 is 5.60 Å². The molecule has 1 aromatic heterocycles. The number of aliphatic imine (C=N–C) groups is 1. The number of nitrogens with zero attached hydrogens (tertiary/aromatic N) is 4. The largest absolute Gasteiger partial charge is 0.460 e. The van der Waals surface area contributed by atoms with Gasteiger partial charge < -0.3 is 19.5 Å². The lowest BCUT2D eigenvalue weighted by atomic mass is 10.1. The number of hydrogen-bond donors (Lipinski definition) is 1. The number of aromatic nitrogens is 2. The van der Waals surface area contributed by atoms with Crippen LogP contribution in [-0.2, 0) is 11.3 Å². The van der Waals surface area contributed by atoms with E-state index in [1.54, 1.807) is 20.1 Å². The second-order valence-electron chi connectivity index (χ2n) is 7.59. The van der Waals surface area contributed by atoms with Gasteiger partial charge in [-0.25, -0.2) is 0 Å². The van der Waals surface area contributed by atoms with Crippen molar-refractivity contribution in [2.24, 2.45) is 4.99 Å². The molecule has 1 aliphatic heterocycles. The second-order valence-corrected chi connectivity index (χ2v) is 7.59. The van der Waals surface area contributed by atoms with Gasteiger partial charge in [-0.15, -0.1) is 0 Å². The van der Waals surface area contributed by atoms with Crippen molar-refractivity contribution in [1.82, 2.24) is 9.97 Å². The molecule has 0 amide bonds. The minimum atomic E-state index is -0.961. The predicted molar refractivity (Wildman–Crippen MR) is 109 cm³/mol. The summed E-state index contributed by atoms with van der Waals surface area (Å²) in [6.07, 6.45) is 1.74. The molecule has 7 nitrogen and oxygen atoms in total. The van der Waals surface area contributed by atoms with Crippen LogP contribution in [-0.4, -0.2) is 59.8 Å². The molecule has 0 atom stereocenters. The Kier molecular flexibility index (Phi) is 6.59. The molecule has 1 aromatic carbocycles. The lowest BCUT2D eigenvalue weighted by Gasteiger charge is -2.28. The van der Waals surface area contributed by atoms with E-state index in [9.17, 15) is 5.11 Å². The Labute approximate surface area is 166 Å². The Hall–Kier alpha value is -2.51. The zero-order valence-electron chi connectivity index (χ0n) is 16.8. The molecule has 0 unspecified atom stereocenters. The van der Waals surface area contributed by atoms with Crippen LogP contribution in [0.4, 0.5) is 5.82 Å². The third-order valence-electron chi connectivity index (χ3n) is 4.18. The molecular formula is C21H28N4O3. The highest BCUT2D eigenvalue weighted by Crippen LogP contribution is 2.18. The van der Waals surface area contributed by atoms with E-state index >= 15 is 0 Å².